The van der Waals surface area contributed by atoms with Crippen molar-refractivity contribution in [2.24, 2.45) is 5.41 Å². The minimum absolute atomic E-state index is 0.0155. The zero-order valence-electron chi connectivity index (χ0n) is 9.49. The third-order valence-electron chi connectivity index (χ3n) is 3.34. The zero-order chi connectivity index (χ0) is 11.6. The maximum Gasteiger partial charge on any atom is 0.228 e. The summed E-state index contributed by atoms with van der Waals surface area (Å²) in [4.78, 5) is 11.8. The fraction of sp³-hybridized carbons (Fsp3) is 0.462. The lowest BCUT2D eigenvalue weighted by atomic mass is 10.1. The van der Waals surface area contributed by atoms with Crippen molar-refractivity contribution in [2.45, 2.75) is 26.3 Å². The van der Waals surface area contributed by atoms with Crippen LogP contribution in [0.5, 0.6) is 0 Å². The molecular weight excluding hydrogens is 202 g/mol. The number of rotatable bonds is 4. The molecule has 0 aliphatic heterocycles. The minimum Gasteiger partial charge on any atom is -0.395 e. The highest BCUT2D eigenvalue weighted by molar-refractivity contribution is 5.85. The average molecular weight is 219 g/mol. The van der Waals surface area contributed by atoms with Gasteiger partial charge in [0.05, 0.1) is 12.0 Å². The molecule has 0 heterocycles. The Morgan fingerprint density at radius 1 is 1.44 bits per heavy atom. The third kappa shape index (κ3) is 2.09. The van der Waals surface area contributed by atoms with Crippen LogP contribution in [0.15, 0.2) is 24.3 Å². The second-order valence-electron chi connectivity index (χ2n) is 4.55. The molecule has 0 saturated heterocycles. The van der Waals surface area contributed by atoms with Gasteiger partial charge in [-0.2, -0.15) is 0 Å². The molecule has 0 bridgehead atoms. The van der Waals surface area contributed by atoms with E-state index >= 15 is 0 Å². The van der Waals surface area contributed by atoms with Crippen LogP contribution in [0.4, 0.5) is 0 Å². The molecule has 3 nitrogen and oxygen atoms in total. The molecule has 1 aromatic rings. The van der Waals surface area contributed by atoms with Crippen LogP contribution < -0.4 is 5.32 Å². The highest BCUT2D eigenvalue weighted by Gasteiger charge is 2.49. The molecule has 1 amide bonds. The van der Waals surface area contributed by atoms with Crippen LogP contribution in [0.3, 0.4) is 0 Å². The smallest absolute Gasteiger partial charge is 0.228 e. The molecule has 0 spiro atoms. The fourth-order valence-electron chi connectivity index (χ4n) is 1.78. The van der Waals surface area contributed by atoms with Crippen LogP contribution >= 0.6 is 0 Å². The molecule has 1 fully saturated rings. The van der Waals surface area contributed by atoms with Gasteiger partial charge in [0.2, 0.25) is 5.91 Å². The van der Waals surface area contributed by atoms with Gasteiger partial charge in [0.15, 0.2) is 0 Å². The molecule has 86 valence electrons. The molecular formula is C13H17NO2. The van der Waals surface area contributed by atoms with Gasteiger partial charge >= 0.3 is 0 Å². The molecule has 0 radical (unpaired) electrons. The van der Waals surface area contributed by atoms with E-state index in [0.717, 1.165) is 18.4 Å². The first-order chi connectivity index (χ1) is 7.68. The Kier molecular flexibility index (Phi) is 2.97. The number of aryl methyl sites for hydroxylation is 1. The van der Waals surface area contributed by atoms with Gasteiger partial charge in [-0.1, -0.05) is 24.3 Å². The van der Waals surface area contributed by atoms with Crippen LogP contribution in [0, 0.1) is 12.3 Å². The Bertz CT molecular complexity index is 397. The van der Waals surface area contributed by atoms with Crippen molar-refractivity contribution in [3.63, 3.8) is 0 Å². The lowest BCUT2D eigenvalue weighted by Crippen LogP contribution is -2.33. The van der Waals surface area contributed by atoms with Crippen LogP contribution in [0.1, 0.15) is 24.0 Å². The number of hydrogen-bond acceptors (Lipinski definition) is 2. The van der Waals surface area contributed by atoms with Crippen molar-refractivity contribution in [2.75, 3.05) is 6.61 Å². The quantitative estimate of drug-likeness (QED) is 0.803. The van der Waals surface area contributed by atoms with Gasteiger partial charge in [-0.15, -0.1) is 0 Å². The molecule has 3 heteroatoms. The van der Waals surface area contributed by atoms with E-state index in [1.54, 1.807) is 0 Å². The molecule has 2 N–H and O–H groups in total. The number of aliphatic hydroxyl groups excluding tert-OH is 1. The number of benzene rings is 1. The monoisotopic (exact) mass is 219 g/mol. The van der Waals surface area contributed by atoms with Gasteiger partial charge in [-0.3, -0.25) is 4.79 Å². The van der Waals surface area contributed by atoms with Crippen LogP contribution in [-0.4, -0.2) is 17.6 Å². The van der Waals surface area contributed by atoms with E-state index in [1.165, 1.54) is 5.56 Å². The van der Waals surface area contributed by atoms with E-state index in [1.807, 2.05) is 31.2 Å². The minimum atomic E-state index is -0.470. The molecule has 0 aromatic heterocycles. The van der Waals surface area contributed by atoms with Crippen molar-refractivity contribution < 1.29 is 9.90 Å². The Labute approximate surface area is 95.5 Å². The number of aliphatic hydroxyl groups is 1. The van der Waals surface area contributed by atoms with Crippen molar-refractivity contribution >= 4 is 5.91 Å². The lowest BCUT2D eigenvalue weighted by Gasteiger charge is -2.13. The van der Waals surface area contributed by atoms with E-state index in [9.17, 15) is 4.79 Å². The lowest BCUT2D eigenvalue weighted by molar-refractivity contribution is -0.127. The molecule has 1 saturated carbocycles. The summed E-state index contributed by atoms with van der Waals surface area (Å²) in [6.07, 6.45) is 1.62. The van der Waals surface area contributed by atoms with Crippen molar-refractivity contribution in [1.29, 1.82) is 0 Å². The van der Waals surface area contributed by atoms with Gasteiger partial charge in [0, 0.05) is 6.54 Å². The van der Waals surface area contributed by atoms with Crippen LogP contribution in [0.25, 0.3) is 0 Å². The van der Waals surface area contributed by atoms with Crippen molar-refractivity contribution in [3.8, 4) is 0 Å². The molecule has 16 heavy (non-hydrogen) atoms. The van der Waals surface area contributed by atoms with Gasteiger partial charge in [0.1, 0.15) is 0 Å². The normalized spacial score (nSPS) is 16.9. The Hall–Kier alpha value is -1.35. The van der Waals surface area contributed by atoms with E-state index < -0.39 is 5.41 Å². The maximum atomic E-state index is 11.8. The predicted molar refractivity (Wildman–Crippen MR) is 61.8 cm³/mol. The summed E-state index contributed by atoms with van der Waals surface area (Å²) in [5.41, 5.74) is 1.84. The SMILES string of the molecule is Cc1ccccc1CNC(=O)C1(CO)CC1. The van der Waals surface area contributed by atoms with Crippen LogP contribution in [0.2, 0.25) is 0 Å². The predicted octanol–water partition coefficient (Wildman–Crippen LogP) is 1.38. The van der Waals surface area contributed by atoms with Crippen molar-refractivity contribution in [3.05, 3.63) is 35.4 Å². The van der Waals surface area contributed by atoms with E-state index in [2.05, 4.69) is 5.32 Å². The Balaban J connectivity index is 1.93. The van der Waals surface area contributed by atoms with Gasteiger partial charge in [-0.05, 0) is 30.9 Å². The fourth-order valence-corrected chi connectivity index (χ4v) is 1.78. The molecule has 1 aromatic carbocycles. The average Bonchev–Trinajstić information content (AvgIpc) is 3.08. The summed E-state index contributed by atoms with van der Waals surface area (Å²) in [6.45, 7) is 2.54. The Morgan fingerprint density at radius 3 is 2.69 bits per heavy atom. The highest BCUT2D eigenvalue weighted by atomic mass is 16.3. The first kappa shape index (κ1) is 11.1. The first-order valence-electron chi connectivity index (χ1n) is 5.62. The molecule has 2 rings (SSSR count). The Morgan fingerprint density at radius 2 is 2.12 bits per heavy atom. The van der Waals surface area contributed by atoms with Gasteiger partial charge in [-0.25, -0.2) is 0 Å². The summed E-state index contributed by atoms with van der Waals surface area (Å²) in [5.74, 6) is -0.0155. The molecule has 1 aliphatic carbocycles. The molecule has 0 unspecified atom stereocenters. The maximum absolute atomic E-state index is 11.8. The summed E-state index contributed by atoms with van der Waals surface area (Å²) >= 11 is 0. The number of carbonyl (C=O) groups is 1. The second-order valence-corrected chi connectivity index (χ2v) is 4.55. The standard InChI is InChI=1S/C13H17NO2/c1-10-4-2-3-5-11(10)8-14-12(16)13(9-15)6-7-13/h2-5,15H,6-9H2,1H3,(H,14,16). The van der Waals surface area contributed by atoms with Gasteiger partial charge in [0.25, 0.3) is 0 Å². The number of carbonyl (C=O) groups excluding carboxylic acids is 1. The number of nitrogens with one attached hydrogen (secondary N) is 1. The van der Waals surface area contributed by atoms with Crippen LogP contribution in [-0.2, 0) is 11.3 Å². The largest absolute Gasteiger partial charge is 0.395 e. The summed E-state index contributed by atoms with van der Waals surface area (Å²) < 4.78 is 0. The topological polar surface area (TPSA) is 49.3 Å². The van der Waals surface area contributed by atoms with Gasteiger partial charge < -0.3 is 10.4 Å². The summed E-state index contributed by atoms with van der Waals surface area (Å²) in [7, 11) is 0. The van der Waals surface area contributed by atoms with E-state index in [4.69, 9.17) is 5.11 Å². The number of amides is 1. The second kappa shape index (κ2) is 4.26. The third-order valence-corrected chi connectivity index (χ3v) is 3.34. The van der Waals surface area contributed by atoms with E-state index in [0.29, 0.717) is 6.54 Å². The first-order valence-corrected chi connectivity index (χ1v) is 5.62. The number of hydrogen-bond donors (Lipinski definition) is 2. The van der Waals surface area contributed by atoms with E-state index in [-0.39, 0.29) is 12.5 Å². The zero-order valence-corrected chi connectivity index (χ0v) is 9.49. The summed E-state index contributed by atoms with van der Waals surface area (Å²) in [5, 5.41) is 12.0. The summed E-state index contributed by atoms with van der Waals surface area (Å²) in [6, 6.07) is 7.98. The molecule has 0 atom stereocenters. The highest BCUT2D eigenvalue weighted by Crippen LogP contribution is 2.45. The molecule has 1 aliphatic rings. The van der Waals surface area contributed by atoms with Crippen molar-refractivity contribution in [1.82, 2.24) is 5.32 Å².